The topological polar surface area (TPSA) is 43.8 Å². The van der Waals surface area contributed by atoms with Crippen LogP contribution in [0.25, 0.3) is 11.3 Å². The number of hydrogen-bond donors (Lipinski definition) is 1. The molecule has 0 radical (unpaired) electrons. The predicted octanol–water partition coefficient (Wildman–Crippen LogP) is 1.73. The van der Waals surface area contributed by atoms with Crippen LogP contribution in [0.3, 0.4) is 0 Å². The molecule has 1 aromatic carbocycles. The second-order valence-electron chi connectivity index (χ2n) is 3.70. The quantitative estimate of drug-likeness (QED) is 0.854. The molecule has 0 aliphatic heterocycles. The summed E-state index contributed by atoms with van der Waals surface area (Å²) in [6.45, 7) is 0.577. The molecule has 4 heteroatoms. The third-order valence-electron chi connectivity index (χ3n) is 2.56. The number of imidazole rings is 1. The van der Waals surface area contributed by atoms with Crippen LogP contribution in [0.15, 0.2) is 30.6 Å². The molecule has 0 bridgehead atoms. The van der Waals surface area contributed by atoms with Gasteiger partial charge in [0.15, 0.2) is 0 Å². The largest absolute Gasteiger partial charge is 0.337 e. The number of rotatable bonds is 3. The van der Waals surface area contributed by atoms with E-state index in [1.807, 2.05) is 11.6 Å². The van der Waals surface area contributed by atoms with Gasteiger partial charge in [-0.15, -0.1) is 0 Å². The molecule has 1 heterocycles. The first-order valence-electron chi connectivity index (χ1n) is 5.18. The molecule has 3 nitrogen and oxygen atoms in total. The highest BCUT2D eigenvalue weighted by Crippen LogP contribution is 2.22. The smallest absolute Gasteiger partial charge is 0.123 e. The van der Waals surface area contributed by atoms with Crippen molar-refractivity contribution in [2.45, 2.75) is 6.42 Å². The van der Waals surface area contributed by atoms with Crippen molar-refractivity contribution < 1.29 is 4.39 Å². The Morgan fingerprint density at radius 1 is 1.31 bits per heavy atom. The molecule has 2 rings (SSSR count). The SMILES string of the molecule is Cn1cnc(-c2ccc(F)cc2)c1CCN. The normalized spacial score (nSPS) is 10.7. The van der Waals surface area contributed by atoms with Gasteiger partial charge in [-0.25, -0.2) is 9.37 Å². The van der Waals surface area contributed by atoms with Crippen LogP contribution >= 0.6 is 0 Å². The number of halogens is 1. The lowest BCUT2D eigenvalue weighted by Crippen LogP contribution is -2.07. The second-order valence-corrected chi connectivity index (χ2v) is 3.70. The van der Waals surface area contributed by atoms with Crippen molar-refractivity contribution in [1.29, 1.82) is 0 Å². The van der Waals surface area contributed by atoms with E-state index in [1.54, 1.807) is 18.5 Å². The van der Waals surface area contributed by atoms with E-state index in [4.69, 9.17) is 5.73 Å². The Bertz CT molecular complexity index is 474. The van der Waals surface area contributed by atoms with Crippen LogP contribution in [0.5, 0.6) is 0 Å². The van der Waals surface area contributed by atoms with Gasteiger partial charge in [0.2, 0.25) is 0 Å². The van der Waals surface area contributed by atoms with Crippen LogP contribution in [-0.2, 0) is 13.5 Å². The van der Waals surface area contributed by atoms with E-state index in [1.165, 1.54) is 12.1 Å². The van der Waals surface area contributed by atoms with Gasteiger partial charge in [-0.3, -0.25) is 0 Å². The summed E-state index contributed by atoms with van der Waals surface area (Å²) in [5, 5.41) is 0. The number of nitrogens with two attached hydrogens (primary N) is 1. The molecule has 16 heavy (non-hydrogen) atoms. The average molecular weight is 219 g/mol. The standard InChI is InChI=1S/C12H14FN3/c1-16-8-15-12(11(16)6-7-14)9-2-4-10(13)5-3-9/h2-5,8H,6-7,14H2,1H3. The zero-order valence-corrected chi connectivity index (χ0v) is 9.15. The van der Waals surface area contributed by atoms with E-state index in [0.29, 0.717) is 6.54 Å². The van der Waals surface area contributed by atoms with Crippen LogP contribution in [0, 0.1) is 5.82 Å². The fraction of sp³-hybridized carbons (Fsp3) is 0.250. The van der Waals surface area contributed by atoms with E-state index in [9.17, 15) is 4.39 Å². The van der Waals surface area contributed by atoms with Crippen molar-refractivity contribution in [3.8, 4) is 11.3 Å². The van der Waals surface area contributed by atoms with Crippen molar-refractivity contribution in [2.24, 2.45) is 12.8 Å². The molecule has 0 aliphatic carbocycles. The maximum atomic E-state index is 12.8. The number of aromatic nitrogens is 2. The summed E-state index contributed by atoms with van der Waals surface area (Å²) >= 11 is 0. The van der Waals surface area contributed by atoms with E-state index >= 15 is 0 Å². The fourth-order valence-corrected chi connectivity index (χ4v) is 1.74. The maximum Gasteiger partial charge on any atom is 0.123 e. The Morgan fingerprint density at radius 3 is 2.62 bits per heavy atom. The second kappa shape index (κ2) is 4.45. The lowest BCUT2D eigenvalue weighted by Gasteiger charge is -2.04. The predicted molar refractivity (Wildman–Crippen MR) is 61.4 cm³/mol. The zero-order valence-electron chi connectivity index (χ0n) is 9.15. The van der Waals surface area contributed by atoms with E-state index in [0.717, 1.165) is 23.4 Å². The maximum absolute atomic E-state index is 12.8. The first-order chi connectivity index (χ1) is 7.72. The fourth-order valence-electron chi connectivity index (χ4n) is 1.74. The monoisotopic (exact) mass is 219 g/mol. The van der Waals surface area contributed by atoms with E-state index in [2.05, 4.69) is 4.98 Å². The highest BCUT2D eigenvalue weighted by molar-refractivity contribution is 5.61. The molecule has 0 unspecified atom stereocenters. The molecule has 2 N–H and O–H groups in total. The summed E-state index contributed by atoms with van der Waals surface area (Å²) < 4.78 is 14.8. The van der Waals surface area contributed by atoms with Gasteiger partial charge in [0.1, 0.15) is 5.82 Å². The Morgan fingerprint density at radius 2 is 2.00 bits per heavy atom. The molecule has 0 spiro atoms. The van der Waals surface area contributed by atoms with Gasteiger partial charge in [0, 0.05) is 24.7 Å². The Balaban J connectivity index is 2.43. The Kier molecular flexibility index (Phi) is 3.01. The molecule has 84 valence electrons. The van der Waals surface area contributed by atoms with Crippen molar-refractivity contribution in [3.63, 3.8) is 0 Å². The highest BCUT2D eigenvalue weighted by atomic mass is 19.1. The van der Waals surface area contributed by atoms with Crippen molar-refractivity contribution in [3.05, 3.63) is 42.1 Å². The van der Waals surface area contributed by atoms with Gasteiger partial charge in [-0.1, -0.05) is 0 Å². The van der Waals surface area contributed by atoms with Gasteiger partial charge in [-0.2, -0.15) is 0 Å². The Labute approximate surface area is 93.7 Å². The van der Waals surface area contributed by atoms with Crippen molar-refractivity contribution >= 4 is 0 Å². The summed E-state index contributed by atoms with van der Waals surface area (Å²) in [7, 11) is 1.94. The van der Waals surface area contributed by atoms with Crippen LogP contribution in [0.4, 0.5) is 4.39 Å². The lowest BCUT2D eigenvalue weighted by atomic mass is 10.1. The molecule has 0 amide bonds. The molecule has 1 aromatic heterocycles. The lowest BCUT2D eigenvalue weighted by molar-refractivity contribution is 0.628. The van der Waals surface area contributed by atoms with Crippen LogP contribution in [0.2, 0.25) is 0 Å². The molecular formula is C12H14FN3. The van der Waals surface area contributed by atoms with Crippen LogP contribution in [0.1, 0.15) is 5.69 Å². The molecule has 0 saturated heterocycles. The minimum Gasteiger partial charge on any atom is -0.337 e. The molecular weight excluding hydrogens is 205 g/mol. The minimum absolute atomic E-state index is 0.236. The van der Waals surface area contributed by atoms with E-state index < -0.39 is 0 Å². The molecule has 0 aliphatic rings. The summed E-state index contributed by atoms with van der Waals surface area (Å²) in [5.74, 6) is -0.236. The average Bonchev–Trinajstić information content (AvgIpc) is 2.63. The molecule has 0 atom stereocenters. The highest BCUT2D eigenvalue weighted by Gasteiger charge is 2.09. The van der Waals surface area contributed by atoms with Gasteiger partial charge in [0.25, 0.3) is 0 Å². The summed E-state index contributed by atoms with van der Waals surface area (Å²) in [5.41, 5.74) is 8.44. The van der Waals surface area contributed by atoms with Crippen LogP contribution in [-0.4, -0.2) is 16.1 Å². The summed E-state index contributed by atoms with van der Waals surface area (Å²) in [6.07, 6.45) is 2.52. The minimum atomic E-state index is -0.236. The third-order valence-corrected chi connectivity index (χ3v) is 2.56. The number of nitrogens with zero attached hydrogens (tertiary/aromatic N) is 2. The number of benzene rings is 1. The molecule has 0 saturated carbocycles. The van der Waals surface area contributed by atoms with Gasteiger partial charge in [0.05, 0.1) is 12.0 Å². The first-order valence-corrected chi connectivity index (χ1v) is 5.18. The Hall–Kier alpha value is -1.68. The number of hydrogen-bond acceptors (Lipinski definition) is 2. The first kappa shape index (κ1) is 10.8. The van der Waals surface area contributed by atoms with Crippen molar-refractivity contribution in [2.75, 3.05) is 6.54 Å². The third kappa shape index (κ3) is 1.97. The molecule has 2 aromatic rings. The number of aryl methyl sites for hydroxylation is 1. The zero-order chi connectivity index (χ0) is 11.5. The summed E-state index contributed by atoms with van der Waals surface area (Å²) in [4.78, 5) is 4.32. The van der Waals surface area contributed by atoms with Gasteiger partial charge >= 0.3 is 0 Å². The van der Waals surface area contributed by atoms with Crippen molar-refractivity contribution in [1.82, 2.24) is 9.55 Å². The van der Waals surface area contributed by atoms with Gasteiger partial charge in [-0.05, 0) is 30.8 Å². The van der Waals surface area contributed by atoms with Crippen LogP contribution < -0.4 is 5.73 Å². The molecule has 0 fully saturated rings. The van der Waals surface area contributed by atoms with E-state index in [-0.39, 0.29) is 5.82 Å². The summed E-state index contributed by atoms with van der Waals surface area (Å²) in [6, 6.07) is 6.35. The van der Waals surface area contributed by atoms with Gasteiger partial charge < -0.3 is 10.3 Å².